The fourth-order valence-corrected chi connectivity index (χ4v) is 2.05. The molecule has 0 radical (unpaired) electrons. The summed E-state index contributed by atoms with van der Waals surface area (Å²) >= 11 is 0. The highest BCUT2D eigenvalue weighted by atomic mass is 16.5. The van der Waals surface area contributed by atoms with E-state index in [0.29, 0.717) is 12.5 Å². The quantitative estimate of drug-likeness (QED) is 0.758. The van der Waals surface area contributed by atoms with Gasteiger partial charge in [-0.05, 0) is 19.8 Å². The van der Waals surface area contributed by atoms with Gasteiger partial charge in [0.25, 0.3) is 5.56 Å². The Morgan fingerprint density at radius 2 is 2.33 bits per heavy atom. The third kappa shape index (κ3) is 2.00. The van der Waals surface area contributed by atoms with Crippen molar-refractivity contribution in [2.45, 2.75) is 33.2 Å². The molecule has 2 rings (SSSR count). The van der Waals surface area contributed by atoms with Crippen LogP contribution in [0, 0.1) is 12.8 Å². The highest BCUT2D eigenvalue weighted by molar-refractivity contribution is 5.12. The molecule has 4 heteroatoms. The van der Waals surface area contributed by atoms with Crippen molar-refractivity contribution < 1.29 is 9.26 Å². The second-order valence-corrected chi connectivity index (χ2v) is 4.08. The van der Waals surface area contributed by atoms with E-state index in [1.807, 2.05) is 13.8 Å². The van der Waals surface area contributed by atoms with E-state index in [9.17, 15) is 4.79 Å². The molecular formula is C11H17NO3. The van der Waals surface area contributed by atoms with Crippen LogP contribution in [-0.2, 0) is 17.7 Å². The van der Waals surface area contributed by atoms with Gasteiger partial charge in [-0.2, -0.15) is 4.74 Å². The number of hydrogen-bond donors (Lipinski definition) is 0. The summed E-state index contributed by atoms with van der Waals surface area (Å²) in [7, 11) is 0. The van der Waals surface area contributed by atoms with Crippen LogP contribution in [-0.4, -0.2) is 18.0 Å². The maximum absolute atomic E-state index is 11.8. The first kappa shape index (κ1) is 10.5. The van der Waals surface area contributed by atoms with Gasteiger partial charge in [-0.3, -0.25) is 4.79 Å². The van der Waals surface area contributed by atoms with Crippen molar-refractivity contribution in [1.82, 2.24) is 4.74 Å². The van der Waals surface area contributed by atoms with Crippen molar-refractivity contribution in [2.24, 2.45) is 5.92 Å². The van der Waals surface area contributed by atoms with Crippen molar-refractivity contribution in [3.8, 4) is 0 Å². The Labute approximate surface area is 88.8 Å². The number of aromatic nitrogens is 1. The van der Waals surface area contributed by atoms with Crippen LogP contribution in [0.15, 0.2) is 9.32 Å². The molecule has 15 heavy (non-hydrogen) atoms. The standard InChI is InChI=1S/C11H17NO3/c1-3-10-8(2)15-12(11(10)13)6-9-4-5-14-7-9/h9H,3-7H2,1-2H3. The van der Waals surface area contributed by atoms with E-state index in [1.165, 1.54) is 4.74 Å². The molecule has 1 aliphatic heterocycles. The predicted octanol–water partition coefficient (Wildman–Crippen LogP) is 1.35. The molecule has 2 heterocycles. The summed E-state index contributed by atoms with van der Waals surface area (Å²) < 4.78 is 12.2. The lowest BCUT2D eigenvalue weighted by molar-refractivity contribution is 0.163. The molecule has 1 aromatic heterocycles. The van der Waals surface area contributed by atoms with Gasteiger partial charge in [0.15, 0.2) is 0 Å². The zero-order chi connectivity index (χ0) is 10.8. The molecule has 1 atom stereocenters. The third-order valence-corrected chi connectivity index (χ3v) is 2.96. The average Bonchev–Trinajstić information content (AvgIpc) is 2.78. The Kier molecular flexibility index (Phi) is 2.95. The number of hydrogen-bond acceptors (Lipinski definition) is 3. The molecule has 4 nitrogen and oxygen atoms in total. The van der Waals surface area contributed by atoms with Gasteiger partial charge >= 0.3 is 0 Å². The second kappa shape index (κ2) is 4.23. The molecule has 0 amide bonds. The minimum absolute atomic E-state index is 0.0295. The summed E-state index contributed by atoms with van der Waals surface area (Å²) in [6.07, 6.45) is 1.76. The fraction of sp³-hybridized carbons (Fsp3) is 0.727. The Morgan fingerprint density at radius 3 is 2.87 bits per heavy atom. The Hall–Kier alpha value is -1.03. The van der Waals surface area contributed by atoms with Crippen LogP contribution in [0.5, 0.6) is 0 Å². The first-order valence-electron chi connectivity index (χ1n) is 5.49. The van der Waals surface area contributed by atoms with Gasteiger partial charge in [0, 0.05) is 12.5 Å². The van der Waals surface area contributed by atoms with Gasteiger partial charge in [0.1, 0.15) is 5.76 Å². The third-order valence-electron chi connectivity index (χ3n) is 2.96. The molecule has 1 unspecified atom stereocenters. The lowest BCUT2D eigenvalue weighted by Crippen LogP contribution is -2.21. The Balaban J connectivity index is 2.17. The Morgan fingerprint density at radius 1 is 1.53 bits per heavy atom. The van der Waals surface area contributed by atoms with E-state index in [2.05, 4.69) is 0 Å². The molecule has 1 aliphatic rings. The molecule has 0 aromatic carbocycles. The van der Waals surface area contributed by atoms with E-state index < -0.39 is 0 Å². The maximum atomic E-state index is 11.8. The molecule has 1 fully saturated rings. The SMILES string of the molecule is CCc1c(C)on(CC2CCOC2)c1=O. The maximum Gasteiger partial charge on any atom is 0.285 e. The van der Waals surface area contributed by atoms with Crippen molar-refractivity contribution in [1.29, 1.82) is 0 Å². The summed E-state index contributed by atoms with van der Waals surface area (Å²) in [5, 5.41) is 0. The molecule has 0 N–H and O–H groups in total. The van der Waals surface area contributed by atoms with Crippen LogP contribution in [0.3, 0.4) is 0 Å². The van der Waals surface area contributed by atoms with Crippen LogP contribution < -0.4 is 5.56 Å². The van der Waals surface area contributed by atoms with E-state index >= 15 is 0 Å². The lowest BCUT2D eigenvalue weighted by atomic mass is 10.1. The van der Waals surface area contributed by atoms with Gasteiger partial charge in [-0.25, -0.2) is 0 Å². The van der Waals surface area contributed by atoms with Gasteiger partial charge < -0.3 is 9.26 Å². The van der Waals surface area contributed by atoms with E-state index in [0.717, 1.165) is 37.4 Å². The van der Waals surface area contributed by atoms with Crippen molar-refractivity contribution >= 4 is 0 Å². The molecular weight excluding hydrogens is 194 g/mol. The zero-order valence-electron chi connectivity index (χ0n) is 9.28. The molecule has 1 aromatic rings. The highest BCUT2D eigenvalue weighted by Crippen LogP contribution is 2.15. The first-order valence-corrected chi connectivity index (χ1v) is 5.49. The lowest BCUT2D eigenvalue weighted by Gasteiger charge is -2.05. The van der Waals surface area contributed by atoms with E-state index in [4.69, 9.17) is 9.26 Å². The van der Waals surface area contributed by atoms with Crippen LogP contribution in [0.4, 0.5) is 0 Å². The number of aryl methyl sites for hydroxylation is 1. The number of rotatable bonds is 3. The van der Waals surface area contributed by atoms with Crippen molar-refractivity contribution in [2.75, 3.05) is 13.2 Å². The average molecular weight is 211 g/mol. The minimum atomic E-state index is 0.0295. The summed E-state index contributed by atoms with van der Waals surface area (Å²) in [4.78, 5) is 11.8. The van der Waals surface area contributed by atoms with Crippen molar-refractivity contribution in [3.05, 3.63) is 21.7 Å². The summed E-state index contributed by atoms with van der Waals surface area (Å²) in [6.45, 7) is 6.03. The van der Waals surface area contributed by atoms with E-state index in [-0.39, 0.29) is 5.56 Å². The van der Waals surface area contributed by atoms with Crippen LogP contribution in [0.1, 0.15) is 24.7 Å². The number of nitrogens with zero attached hydrogens (tertiary/aromatic N) is 1. The second-order valence-electron chi connectivity index (χ2n) is 4.08. The molecule has 0 bridgehead atoms. The summed E-state index contributed by atoms with van der Waals surface area (Å²) in [5.74, 6) is 1.18. The summed E-state index contributed by atoms with van der Waals surface area (Å²) in [6, 6.07) is 0. The fourth-order valence-electron chi connectivity index (χ4n) is 2.05. The van der Waals surface area contributed by atoms with Crippen LogP contribution in [0.25, 0.3) is 0 Å². The largest absolute Gasteiger partial charge is 0.381 e. The minimum Gasteiger partial charge on any atom is -0.381 e. The van der Waals surface area contributed by atoms with Crippen LogP contribution in [0.2, 0.25) is 0 Å². The molecule has 0 aliphatic carbocycles. The predicted molar refractivity (Wildman–Crippen MR) is 56.0 cm³/mol. The highest BCUT2D eigenvalue weighted by Gasteiger charge is 2.20. The molecule has 0 spiro atoms. The topological polar surface area (TPSA) is 44.4 Å². The monoisotopic (exact) mass is 211 g/mol. The van der Waals surface area contributed by atoms with Gasteiger partial charge in [0.05, 0.1) is 18.7 Å². The zero-order valence-corrected chi connectivity index (χ0v) is 9.28. The van der Waals surface area contributed by atoms with Crippen molar-refractivity contribution in [3.63, 3.8) is 0 Å². The van der Waals surface area contributed by atoms with Crippen LogP contribution >= 0.6 is 0 Å². The number of ether oxygens (including phenoxy) is 1. The molecule has 1 saturated heterocycles. The van der Waals surface area contributed by atoms with Gasteiger partial charge in [-0.1, -0.05) is 6.92 Å². The smallest absolute Gasteiger partial charge is 0.285 e. The van der Waals surface area contributed by atoms with E-state index in [1.54, 1.807) is 0 Å². The normalized spacial score (nSPS) is 21.1. The molecule has 0 saturated carbocycles. The first-order chi connectivity index (χ1) is 7.22. The molecule has 84 valence electrons. The van der Waals surface area contributed by atoms with Gasteiger partial charge in [-0.15, -0.1) is 0 Å². The Bertz CT molecular complexity index is 385. The van der Waals surface area contributed by atoms with Gasteiger partial charge in [0.2, 0.25) is 0 Å². The summed E-state index contributed by atoms with van der Waals surface area (Å²) in [5.41, 5.74) is 0.829.